The number of amides is 1. The minimum atomic E-state index is -1.18. The van der Waals surface area contributed by atoms with E-state index in [1.807, 2.05) is 43.3 Å². The van der Waals surface area contributed by atoms with Crippen molar-refractivity contribution in [3.63, 3.8) is 0 Å². The Bertz CT molecular complexity index is 946. The lowest BCUT2D eigenvalue weighted by atomic mass is 9.94. The molecule has 27 heavy (non-hydrogen) atoms. The van der Waals surface area contributed by atoms with E-state index in [2.05, 4.69) is 5.32 Å². The van der Waals surface area contributed by atoms with Gasteiger partial charge in [0.25, 0.3) is 5.91 Å². The van der Waals surface area contributed by atoms with Crippen molar-refractivity contribution in [3.8, 4) is 5.75 Å². The molecule has 0 saturated heterocycles. The summed E-state index contributed by atoms with van der Waals surface area (Å²) in [6, 6.07) is 15.0. The van der Waals surface area contributed by atoms with E-state index in [9.17, 15) is 9.90 Å². The first-order chi connectivity index (χ1) is 13.1. The van der Waals surface area contributed by atoms with Crippen LogP contribution in [0.3, 0.4) is 0 Å². The van der Waals surface area contributed by atoms with Crippen LogP contribution in [0.2, 0.25) is 0 Å². The van der Waals surface area contributed by atoms with Crippen LogP contribution in [0.4, 0.5) is 0 Å². The fraction of sp³-hybridized carbons (Fsp3) is 0.318. The molecule has 1 atom stereocenters. The number of carbonyl (C=O) groups excluding carboxylic acids is 1. The molecular weight excluding hydrogens is 342 g/mol. The van der Waals surface area contributed by atoms with Crippen LogP contribution in [0, 0.1) is 5.92 Å². The second kappa shape index (κ2) is 7.08. The third kappa shape index (κ3) is 3.30. The van der Waals surface area contributed by atoms with Crippen molar-refractivity contribution in [3.05, 3.63) is 66.1 Å². The minimum Gasteiger partial charge on any atom is -0.493 e. The van der Waals surface area contributed by atoms with E-state index >= 15 is 0 Å². The number of aliphatic hydroxyl groups is 1. The van der Waals surface area contributed by atoms with Gasteiger partial charge in [-0.3, -0.25) is 4.79 Å². The Morgan fingerprint density at radius 3 is 2.74 bits per heavy atom. The number of carbonyl (C=O) groups is 1. The summed E-state index contributed by atoms with van der Waals surface area (Å²) in [5.41, 5.74) is -0.692. The summed E-state index contributed by atoms with van der Waals surface area (Å²) in [7, 11) is 0. The van der Waals surface area contributed by atoms with Crippen LogP contribution in [-0.4, -0.2) is 24.2 Å². The van der Waals surface area contributed by atoms with Gasteiger partial charge >= 0.3 is 0 Å². The molecule has 0 spiro atoms. The van der Waals surface area contributed by atoms with Gasteiger partial charge in [-0.15, -0.1) is 0 Å². The predicted molar refractivity (Wildman–Crippen MR) is 103 cm³/mol. The zero-order valence-corrected chi connectivity index (χ0v) is 15.3. The molecule has 2 aromatic carbocycles. The number of ether oxygens (including phenoxy) is 1. The van der Waals surface area contributed by atoms with Crippen molar-refractivity contribution in [1.29, 1.82) is 0 Å². The minimum absolute atomic E-state index is 0.0960. The highest BCUT2D eigenvalue weighted by Crippen LogP contribution is 2.45. The van der Waals surface area contributed by atoms with Crippen LogP contribution < -0.4 is 10.1 Å². The average molecular weight is 365 g/mol. The monoisotopic (exact) mass is 365 g/mol. The van der Waals surface area contributed by atoms with Crippen molar-refractivity contribution in [2.24, 2.45) is 5.92 Å². The molecule has 1 fully saturated rings. The lowest BCUT2D eigenvalue weighted by Crippen LogP contribution is -2.42. The first kappa shape index (κ1) is 17.6. The van der Waals surface area contributed by atoms with Crippen LogP contribution in [0.1, 0.15) is 35.9 Å². The summed E-state index contributed by atoms with van der Waals surface area (Å²) < 4.78 is 11.1. The molecule has 2 N–H and O–H groups in total. The number of fused-ring (bicyclic) bond motifs is 1. The second-order valence-electron chi connectivity index (χ2n) is 6.95. The van der Waals surface area contributed by atoms with E-state index in [1.165, 1.54) is 0 Å². The summed E-state index contributed by atoms with van der Waals surface area (Å²) in [5.74, 6) is 0.874. The second-order valence-corrected chi connectivity index (χ2v) is 6.95. The van der Waals surface area contributed by atoms with Gasteiger partial charge in [-0.25, -0.2) is 0 Å². The Morgan fingerprint density at radius 2 is 2.04 bits per heavy atom. The molecule has 0 unspecified atom stereocenters. The summed E-state index contributed by atoms with van der Waals surface area (Å²) in [5, 5.41) is 15.9. The molecule has 0 bridgehead atoms. The number of hydrogen-bond acceptors (Lipinski definition) is 4. The van der Waals surface area contributed by atoms with Gasteiger partial charge in [0.05, 0.1) is 25.0 Å². The van der Waals surface area contributed by atoms with Crippen molar-refractivity contribution in [2.45, 2.75) is 25.4 Å². The molecule has 4 rings (SSSR count). The maximum absolute atomic E-state index is 13.1. The quantitative estimate of drug-likeness (QED) is 0.667. The fourth-order valence-electron chi connectivity index (χ4n) is 3.58. The van der Waals surface area contributed by atoms with E-state index in [-0.39, 0.29) is 18.4 Å². The molecule has 5 heteroatoms. The van der Waals surface area contributed by atoms with Crippen molar-refractivity contribution in [1.82, 2.24) is 5.32 Å². The van der Waals surface area contributed by atoms with Gasteiger partial charge in [0.1, 0.15) is 17.1 Å². The molecular formula is C22H23NO4. The fourth-order valence-corrected chi connectivity index (χ4v) is 3.58. The third-order valence-corrected chi connectivity index (χ3v) is 5.14. The third-order valence-electron chi connectivity index (χ3n) is 5.14. The lowest BCUT2D eigenvalue weighted by Gasteiger charge is -2.26. The van der Waals surface area contributed by atoms with Gasteiger partial charge in [-0.05, 0) is 54.7 Å². The average Bonchev–Trinajstić information content (AvgIpc) is 3.40. The van der Waals surface area contributed by atoms with E-state index in [0.29, 0.717) is 23.7 Å². The zero-order valence-electron chi connectivity index (χ0n) is 15.3. The topological polar surface area (TPSA) is 71.7 Å². The molecule has 3 aromatic rings. The number of nitrogens with one attached hydrogen (secondary N) is 1. The van der Waals surface area contributed by atoms with Crippen LogP contribution in [0.15, 0.2) is 59.2 Å². The molecule has 140 valence electrons. The highest BCUT2D eigenvalue weighted by atomic mass is 16.5. The lowest BCUT2D eigenvalue weighted by molar-refractivity contribution is -0.00612. The Kier molecular flexibility index (Phi) is 4.62. The van der Waals surface area contributed by atoms with Crippen molar-refractivity contribution >= 4 is 16.7 Å². The normalized spacial score (nSPS) is 16.1. The summed E-state index contributed by atoms with van der Waals surface area (Å²) >= 11 is 0. The van der Waals surface area contributed by atoms with E-state index in [0.717, 1.165) is 23.6 Å². The molecule has 0 aliphatic heterocycles. The Hall–Kier alpha value is -2.79. The number of rotatable bonds is 7. The first-order valence-electron chi connectivity index (χ1n) is 9.32. The van der Waals surface area contributed by atoms with Gasteiger partial charge in [0.2, 0.25) is 0 Å². The molecule has 1 aliphatic rings. The zero-order chi connectivity index (χ0) is 18.9. The summed E-state index contributed by atoms with van der Waals surface area (Å²) in [6.45, 7) is 2.45. The van der Waals surface area contributed by atoms with Crippen LogP contribution in [0.25, 0.3) is 10.8 Å². The van der Waals surface area contributed by atoms with Crippen LogP contribution in [-0.2, 0) is 5.60 Å². The Balaban J connectivity index is 1.64. The Labute approximate surface area is 157 Å². The summed E-state index contributed by atoms with van der Waals surface area (Å²) in [4.78, 5) is 13.1. The van der Waals surface area contributed by atoms with E-state index < -0.39 is 5.60 Å². The molecule has 1 aliphatic carbocycles. The number of benzene rings is 2. The maximum atomic E-state index is 13.1. The van der Waals surface area contributed by atoms with Gasteiger partial charge in [0, 0.05) is 0 Å². The van der Waals surface area contributed by atoms with E-state index in [1.54, 1.807) is 18.4 Å². The Morgan fingerprint density at radius 1 is 1.22 bits per heavy atom. The van der Waals surface area contributed by atoms with Crippen LogP contribution >= 0.6 is 0 Å². The van der Waals surface area contributed by atoms with Gasteiger partial charge in [-0.1, -0.05) is 30.3 Å². The highest BCUT2D eigenvalue weighted by Gasteiger charge is 2.47. The largest absolute Gasteiger partial charge is 0.493 e. The van der Waals surface area contributed by atoms with Crippen molar-refractivity contribution in [2.75, 3.05) is 13.2 Å². The van der Waals surface area contributed by atoms with Crippen LogP contribution in [0.5, 0.6) is 5.75 Å². The molecule has 1 saturated carbocycles. The molecule has 1 heterocycles. The smallest absolute Gasteiger partial charge is 0.255 e. The van der Waals surface area contributed by atoms with Gasteiger partial charge < -0.3 is 19.6 Å². The highest BCUT2D eigenvalue weighted by molar-refractivity contribution is 6.09. The standard InChI is InChI=1S/C22H23NO4/c1-2-26-18-12-9-15-6-3-4-7-17(15)20(18)21(24)23-14-22(25,16-10-11-16)19-8-5-13-27-19/h3-9,12-13,16,25H,2,10-11,14H2,1H3,(H,23,24)/t22-/m1/s1. The number of hydrogen-bond donors (Lipinski definition) is 2. The molecule has 1 aromatic heterocycles. The first-order valence-corrected chi connectivity index (χ1v) is 9.32. The molecule has 5 nitrogen and oxygen atoms in total. The summed E-state index contributed by atoms with van der Waals surface area (Å²) in [6.07, 6.45) is 3.39. The number of furan rings is 1. The van der Waals surface area contributed by atoms with Gasteiger partial charge in [-0.2, -0.15) is 0 Å². The van der Waals surface area contributed by atoms with Crippen molar-refractivity contribution < 1.29 is 19.1 Å². The molecule has 0 radical (unpaired) electrons. The predicted octanol–water partition coefficient (Wildman–Crippen LogP) is 3.86. The van der Waals surface area contributed by atoms with Gasteiger partial charge in [0.15, 0.2) is 0 Å². The SMILES string of the molecule is CCOc1ccc2ccccc2c1C(=O)NC[C@](O)(c1ccco1)C1CC1. The maximum Gasteiger partial charge on any atom is 0.255 e. The molecule has 1 amide bonds. The van der Waals surface area contributed by atoms with E-state index in [4.69, 9.17) is 9.15 Å².